The van der Waals surface area contributed by atoms with Crippen molar-refractivity contribution in [3.05, 3.63) is 55.3 Å². The Balaban J connectivity index is 0. The van der Waals surface area contributed by atoms with Gasteiger partial charge in [0.2, 0.25) is 0 Å². The lowest BCUT2D eigenvalue weighted by Gasteiger charge is -2.06. The molecular formula is C18H29FN10O7. The second-order valence-electron chi connectivity index (χ2n) is 5.71. The first-order valence-corrected chi connectivity index (χ1v) is 10.0. The van der Waals surface area contributed by atoms with Crippen molar-refractivity contribution in [1.82, 2.24) is 16.0 Å². The first-order valence-electron chi connectivity index (χ1n) is 10.7. The lowest BCUT2D eigenvalue weighted by atomic mass is 10.3. The van der Waals surface area contributed by atoms with Gasteiger partial charge in [0.25, 0.3) is 5.69 Å². The number of rotatable bonds is 14. The number of nitrogens with one attached hydrogen (secondary N) is 3. The van der Waals surface area contributed by atoms with E-state index in [0.29, 0.717) is 26.3 Å². The number of carbonyl (C=O) groups excluding carboxylic acids is 2. The second kappa shape index (κ2) is 25.3. The molecule has 17 nitrogen and oxygen atoms in total. The van der Waals surface area contributed by atoms with E-state index in [1.165, 1.54) is 31.3 Å². The largest absolute Gasteiger partial charge is 0.412 e. The molecule has 36 heavy (non-hydrogen) atoms. The topological polar surface area (TPSA) is 239 Å². The third-order valence-corrected chi connectivity index (χ3v) is 3.33. The number of hydrogen-bond acceptors (Lipinski definition) is 9. The number of ether oxygens (including phenoxy) is 3. The van der Waals surface area contributed by atoms with E-state index in [0.717, 1.165) is 0 Å². The van der Waals surface area contributed by atoms with Crippen LogP contribution in [0.4, 0.5) is 19.7 Å². The third-order valence-electron chi connectivity index (χ3n) is 3.33. The third kappa shape index (κ3) is 21.5. The minimum atomic E-state index is -1.00. The first kappa shape index (κ1) is 31.6. The fraction of sp³-hybridized carbons (Fsp3) is 0.556. The number of hydrogen-bond donors (Lipinski definition) is 3. The molecule has 0 aromatic heterocycles. The molecule has 0 unspecified atom stereocenters. The van der Waals surface area contributed by atoms with Gasteiger partial charge < -0.3 is 30.2 Å². The molecule has 0 saturated heterocycles. The Morgan fingerprint density at radius 3 is 2.00 bits per heavy atom. The average molecular weight is 517 g/mol. The number of non-ortho nitro benzene ring substituents is 1. The monoisotopic (exact) mass is 517 g/mol. The lowest BCUT2D eigenvalue weighted by molar-refractivity contribution is -0.384. The number of carbonyl (C=O) groups is 2. The molecule has 200 valence electrons. The van der Waals surface area contributed by atoms with Crippen LogP contribution in [0.2, 0.25) is 0 Å². The molecular weight excluding hydrogens is 487 g/mol. The number of urea groups is 1. The highest BCUT2D eigenvalue weighted by molar-refractivity contribution is 5.73. The van der Waals surface area contributed by atoms with Gasteiger partial charge in [-0.1, -0.05) is 10.2 Å². The highest BCUT2D eigenvalue weighted by Gasteiger charge is 2.07. The van der Waals surface area contributed by atoms with Crippen molar-refractivity contribution in [3.8, 4) is 5.75 Å². The maximum atomic E-state index is 11.4. The van der Waals surface area contributed by atoms with E-state index >= 15 is 0 Å². The minimum Gasteiger partial charge on any atom is -0.410 e. The predicted octanol–water partition coefficient (Wildman–Crippen LogP) is 2.84. The fourth-order valence-electron chi connectivity index (χ4n) is 1.83. The summed E-state index contributed by atoms with van der Waals surface area (Å²) in [6.45, 7) is 2.51. The molecule has 1 aromatic carbocycles. The number of benzene rings is 1. The van der Waals surface area contributed by atoms with Crippen LogP contribution in [0.5, 0.6) is 5.75 Å². The molecule has 0 aliphatic rings. The van der Waals surface area contributed by atoms with Gasteiger partial charge in [-0.2, -0.15) is 0 Å². The van der Waals surface area contributed by atoms with Gasteiger partial charge in [0, 0.05) is 55.2 Å². The number of nitro groups is 1. The Hall–Kier alpha value is -4.37. The number of amides is 3. The zero-order chi connectivity index (χ0) is 28.2. The highest BCUT2D eigenvalue weighted by atomic mass is 19.1. The van der Waals surface area contributed by atoms with Gasteiger partial charge in [-0.15, -0.1) is 0 Å². The van der Waals surface area contributed by atoms with E-state index in [1.807, 2.05) is 0 Å². The lowest BCUT2D eigenvalue weighted by Crippen LogP contribution is -2.35. The summed E-state index contributed by atoms with van der Waals surface area (Å²) in [5.41, 5.74) is 15.8. The summed E-state index contributed by atoms with van der Waals surface area (Å²) < 4.78 is 30.5. The molecule has 0 aliphatic carbocycles. The van der Waals surface area contributed by atoms with Gasteiger partial charge in [0.05, 0.1) is 39.9 Å². The molecule has 0 atom stereocenters. The van der Waals surface area contributed by atoms with Crippen molar-refractivity contribution in [2.24, 2.45) is 10.2 Å². The van der Waals surface area contributed by atoms with Crippen molar-refractivity contribution in [2.75, 3.05) is 66.8 Å². The summed E-state index contributed by atoms with van der Waals surface area (Å²) >= 11 is 0. The molecule has 0 aliphatic heterocycles. The minimum absolute atomic E-state index is 0.0869. The molecule has 0 fully saturated rings. The van der Waals surface area contributed by atoms with E-state index in [1.54, 1.807) is 0 Å². The van der Waals surface area contributed by atoms with Gasteiger partial charge in [-0.05, 0) is 23.2 Å². The molecule has 1 rings (SSSR count). The fourth-order valence-corrected chi connectivity index (χ4v) is 1.83. The molecule has 0 heterocycles. The van der Waals surface area contributed by atoms with Crippen LogP contribution >= 0.6 is 0 Å². The molecule has 1 aromatic rings. The maximum absolute atomic E-state index is 11.4. The second-order valence-corrected chi connectivity index (χ2v) is 5.71. The Bertz CT molecular complexity index is 869. The summed E-state index contributed by atoms with van der Waals surface area (Å²) in [6, 6.07) is 4.89. The van der Waals surface area contributed by atoms with Crippen molar-refractivity contribution in [3.63, 3.8) is 0 Å². The standard InChI is InChI=1S/C11H13N5O5.C6H13N5O2.CH3F/c12-15-14-6-8-20-7-5-13-11(17)21-10-3-1-9(2-4-10)16(18)19;1-8-6(12)9-2-4-13-5-3-10-11-7;1-2/h1-4H,5-8H2,(H,13,17);2-5H2,1H3,(H2,8,9,12);1H3/i;;1D. The number of halogens is 1. The highest BCUT2D eigenvalue weighted by Crippen LogP contribution is 2.17. The van der Waals surface area contributed by atoms with E-state index < -0.39 is 18.2 Å². The summed E-state index contributed by atoms with van der Waals surface area (Å²) in [5, 5.41) is 24.4. The Labute approximate surface area is 207 Å². The van der Waals surface area contributed by atoms with Gasteiger partial charge >= 0.3 is 12.1 Å². The molecule has 3 amide bonds. The number of nitro benzene ring substituents is 1. The molecule has 0 saturated carbocycles. The van der Waals surface area contributed by atoms with Gasteiger partial charge in [0.15, 0.2) is 0 Å². The maximum Gasteiger partial charge on any atom is 0.412 e. The quantitative estimate of drug-likeness (QED) is 0.0831. The first-order chi connectivity index (χ1) is 17.9. The predicted molar refractivity (Wildman–Crippen MR) is 126 cm³/mol. The summed E-state index contributed by atoms with van der Waals surface area (Å²) in [6.07, 6.45) is -0.692. The van der Waals surface area contributed by atoms with E-state index in [2.05, 4.69) is 36.0 Å². The van der Waals surface area contributed by atoms with Crippen molar-refractivity contribution >= 4 is 17.8 Å². The molecule has 0 bridgehead atoms. The van der Waals surface area contributed by atoms with E-state index in [-0.39, 0.29) is 43.8 Å². The zero-order valence-electron chi connectivity index (χ0n) is 20.5. The van der Waals surface area contributed by atoms with Gasteiger partial charge in [-0.25, -0.2) is 9.59 Å². The van der Waals surface area contributed by atoms with Gasteiger partial charge in [-0.3, -0.25) is 14.5 Å². The normalized spacial score (nSPS) is 9.22. The zero-order valence-corrected chi connectivity index (χ0v) is 19.5. The average Bonchev–Trinajstić information content (AvgIpc) is 2.88. The number of nitrogens with zero attached hydrogens (tertiary/aromatic N) is 7. The smallest absolute Gasteiger partial charge is 0.410 e. The van der Waals surface area contributed by atoms with Crippen LogP contribution in [0.15, 0.2) is 34.5 Å². The number of alkyl halides is 1. The van der Waals surface area contributed by atoms with E-state index in [9.17, 15) is 24.1 Å². The van der Waals surface area contributed by atoms with Crippen LogP contribution in [-0.2, 0) is 9.47 Å². The molecule has 0 spiro atoms. The summed E-state index contributed by atoms with van der Waals surface area (Å²) in [5.74, 6) is 0.197. The van der Waals surface area contributed by atoms with Crippen LogP contribution in [0, 0.1) is 10.1 Å². The SMILES string of the molecule is CNC(=O)NCCOCCN=[N+]=[N-].[2H]CF.[N-]=[N+]=NCCOCCNC(=O)Oc1ccc([N+](=O)[O-])cc1. The Morgan fingerprint density at radius 2 is 1.56 bits per heavy atom. The van der Waals surface area contributed by atoms with Crippen LogP contribution in [-0.4, -0.2) is 83.9 Å². The summed E-state index contributed by atoms with van der Waals surface area (Å²) in [7, 11) is 0.540. The van der Waals surface area contributed by atoms with Crippen LogP contribution in [0.25, 0.3) is 20.9 Å². The molecule has 18 heteroatoms. The van der Waals surface area contributed by atoms with Crippen LogP contribution in [0.1, 0.15) is 1.37 Å². The summed E-state index contributed by atoms with van der Waals surface area (Å²) in [4.78, 5) is 37.0. The Kier molecular flexibility index (Phi) is 22.2. The van der Waals surface area contributed by atoms with Crippen LogP contribution in [0.3, 0.4) is 0 Å². The van der Waals surface area contributed by atoms with Crippen molar-refractivity contribution in [1.29, 1.82) is 0 Å². The Morgan fingerprint density at radius 1 is 1.06 bits per heavy atom. The van der Waals surface area contributed by atoms with Crippen molar-refractivity contribution < 1.29 is 34.5 Å². The van der Waals surface area contributed by atoms with E-state index in [4.69, 9.17) is 26.6 Å². The van der Waals surface area contributed by atoms with Gasteiger partial charge in [0.1, 0.15) is 5.75 Å². The van der Waals surface area contributed by atoms with Crippen LogP contribution < -0.4 is 20.7 Å². The van der Waals surface area contributed by atoms with Crippen molar-refractivity contribution in [2.45, 2.75) is 0 Å². The number of azide groups is 2. The molecule has 3 N–H and O–H groups in total. The molecule has 0 radical (unpaired) electrons.